The number of amides is 1. The fourth-order valence-corrected chi connectivity index (χ4v) is 9.76. The van der Waals surface area contributed by atoms with Gasteiger partial charge in [-0.3, -0.25) is 14.1 Å². The molecule has 0 saturated heterocycles. The molecular formula is C26H43NO8S. The lowest BCUT2D eigenvalue weighted by atomic mass is 9.43. The minimum absolute atomic E-state index is 0.0240. The number of rotatable bonds is 8. The molecule has 4 aliphatic rings. The number of aliphatic hydroxyl groups is 1. The van der Waals surface area contributed by atoms with E-state index in [4.69, 9.17) is 13.8 Å². The number of carbonyl (C=O) groups excluding carboxylic acids is 1. The Bertz CT molecular complexity index is 956. The highest BCUT2D eigenvalue weighted by atomic mass is 32.3. The van der Waals surface area contributed by atoms with Crippen LogP contribution in [-0.2, 0) is 24.2 Å². The van der Waals surface area contributed by atoms with E-state index in [0.717, 1.165) is 38.5 Å². The molecule has 4 N–H and O–H groups in total. The average molecular weight is 530 g/mol. The summed E-state index contributed by atoms with van der Waals surface area (Å²) in [5.41, 5.74) is 0.129. The summed E-state index contributed by atoms with van der Waals surface area (Å²) < 4.78 is 36.6. The van der Waals surface area contributed by atoms with Crippen LogP contribution in [0, 0.1) is 46.3 Å². The van der Waals surface area contributed by atoms with E-state index in [-0.39, 0.29) is 35.1 Å². The van der Waals surface area contributed by atoms with Gasteiger partial charge in [-0.2, -0.15) is 8.42 Å². The Kier molecular flexibility index (Phi) is 7.84. The Hall–Kier alpha value is -1.23. The van der Waals surface area contributed by atoms with Crippen molar-refractivity contribution in [2.24, 2.45) is 46.3 Å². The minimum Gasteiger partial charge on any atom is -0.480 e. The van der Waals surface area contributed by atoms with Crippen LogP contribution in [0.2, 0.25) is 0 Å². The largest absolute Gasteiger partial charge is 0.480 e. The first-order chi connectivity index (χ1) is 16.7. The Labute approximate surface area is 214 Å². The molecule has 1 amide bonds. The summed E-state index contributed by atoms with van der Waals surface area (Å²) in [7, 11) is -4.48. The lowest BCUT2D eigenvalue weighted by molar-refractivity contribution is -0.172. The third-order valence-corrected chi connectivity index (χ3v) is 11.4. The van der Waals surface area contributed by atoms with Crippen molar-refractivity contribution in [1.82, 2.24) is 5.32 Å². The third-order valence-electron chi connectivity index (χ3n) is 10.9. The Morgan fingerprint density at radius 2 is 1.72 bits per heavy atom. The van der Waals surface area contributed by atoms with E-state index in [9.17, 15) is 23.1 Å². The number of carboxylic acids is 1. The summed E-state index contributed by atoms with van der Waals surface area (Å²) in [5.74, 6) is 0.732. The maximum absolute atomic E-state index is 12.1. The second kappa shape index (κ2) is 10.2. The van der Waals surface area contributed by atoms with Crippen molar-refractivity contribution in [1.29, 1.82) is 0 Å². The zero-order valence-electron chi connectivity index (χ0n) is 21.7. The SMILES string of the molecule is C[C@H](CCC(=O)NCC(=O)O)[C@H]1CC[C@H]2[C@@H]3[C@@H](O)C[C@@H]4C[C@H](OS(=O)(=O)O)CC[C@]4(C)[C@H]3CC[C@]12C. The normalized spacial score (nSPS) is 43.1. The van der Waals surface area contributed by atoms with E-state index in [1.807, 2.05) is 0 Å². The molecule has 10 heteroatoms. The first kappa shape index (κ1) is 27.8. The molecule has 0 aromatic rings. The maximum Gasteiger partial charge on any atom is 0.397 e. The summed E-state index contributed by atoms with van der Waals surface area (Å²) in [5, 5.41) is 22.7. The number of hydrogen-bond donors (Lipinski definition) is 4. The van der Waals surface area contributed by atoms with Gasteiger partial charge in [0.05, 0.1) is 12.2 Å². The van der Waals surface area contributed by atoms with Crippen LogP contribution in [0.5, 0.6) is 0 Å². The number of aliphatic carboxylic acids is 1. The van der Waals surface area contributed by atoms with Crippen molar-refractivity contribution in [2.45, 2.75) is 97.2 Å². The Morgan fingerprint density at radius 3 is 2.39 bits per heavy atom. The van der Waals surface area contributed by atoms with Gasteiger partial charge in [0.2, 0.25) is 5.91 Å². The molecule has 4 saturated carbocycles. The fourth-order valence-electron chi connectivity index (χ4n) is 9.24. The first-order valence-electron chi connectivity index (χ1n) is 13.6. The molecule has 0 heterocycles. The lowest BCUT2D eigenvalue weighted by Crippen LogP contribution is -2.58. The van der Waals surface area contributed by atoms with Crippen molar-refractivity contribution in [3.05, 3.63) is 0 Å². The molecule has 0 aromatic heterocycles. The van der Waals surface area contributed by atoms with Gasteiger partial charge >= 0.3 is 16.4 Å². The predicted octanol–water partition coefficient (Wildman–Crippen LogP) is 3.42. The molecule has 36 heavy (non-hydrogen) atoms. The molecule has 206 valence electrons. The smallest absolute Gasteiger partial charge is 0.397 e. The zero-order chi connectivity index (χ0) is 26.5. The van der Waals surface area contributed by atoms with Gasteiger partial charge in [-0.25, -0.2) is 4.18 Å². The quantitative estimate of drug-likeness (QED) is 0.349. The van der Waals surface area contributed by atoms with Crippen LogP contribution in [0.1, 0.15) is 85.0 Å². The van der Waals surface area contributed by atoms with Gasteiger partial charge in [0.25, 0.3) is 0 Å². The molecular weight excluding hydrogens is 486 g/mol. The topological polar surface area (TPSA) is 150 Å². The van der Waals surface area contributed by atoms with E-state index in [1.54, 1.807) is 0 Å². The van der Waals surface area contributed by atoms with Gasteiger partial charge in [-0.15, -0.1) is 0 Å². The van der Waals surface area contributed by atoms with Crippen molar-refractivity contribution < 1.29 is 37.0 Å². The fraction of sp³-hybridized carbons (Fsp3) is 0.923. The van der Waals surface area contributed by atoms with Gasteiger partial charge in [0.1, 0.15) is 6.54 Å². The molecule has 4 rings (SSSR count). The third kappa shape index (κ3) is 5.33. The molecule has 0 unspecified atom stereocenters. The molecule has 0 spiro atoms. The van der Waals surface area contributed by atoms with Gasteiger partial charge < -0.3 is 15.5 Å². The molecule has 10 atom stereocenters. The molecule has 4 fully saturated rings. The molecule has 0 aromatic carbocycles. The van der Waals surface area contributed by atoms with Crippen molar-refractivity contribution in [3.8, 4) is 0 Å². The predicted molar refractivity (Wildman–Crippen MR) is 132 cm³/mol. The van der Waals surface area contributed by atoms with Crippen LogP contribution in [-0.4, -0.2) is 53.8 Å². The highest BCUT2D eigenvalue weighted by Gasteiger charge is 2.63. The monoisotopic (exact) mass is 529 g/mol. The molecule has 4 aliphatic carbocycles. The highest BCUT2D eigenvalue weighted by molar-refractivity contribution is 7.80. The summed E-state index contributed by atoms with van der Waals surface area (Å²) in [6, 6.07) is 0. The molecule has 0 aliphatic heterocycles. The van der Waals surface area contributed by atoms with Crippen LogP contribution in [0.15, 0.2) is 0 Å². The number of aliphatic hydroxyl groups excluding tert-OH is 1. The van der Waals surface area contributed by atoms with Crippen molar-refractivity contribution in [3.63, 3.8) is 0 Å². The number of nitrogens with one attached hydrogen (secondary N) is 1. The minimum atomic E-state index is -4.48. The summed E-state index contributed by atoms with van der Waals surface area (Å²) in [4.78, 5) is 22.8. The lowest BCUT2D eigenvalue weighted by Gasteiger charge is -2.62. The number of fused-ring (bicyclic) bond motifs is 5. The van der Waals surface area contributed by atoms with Gasteiger partial charge in [-0.05, 0) is 104 Å². The van der Waals surface area contributed by atoms with Crippen LogP contribution in [0.3, 0.4) is 0 Å². The van der Waals surface area contributed by atoms with Crippen molar-refractivity contribution in [2.75, 3.05) is 6.54 Å². The van der Waals surface area contributed by atoms with Gasteiger partial charge in [0.15, 0.2) is 0 Å². The standard InChI is InChI=1S/C26H43NO8S/c1-15(4-7-22(29)27-14-23(30)31)18-5-6-19-24-20(9-11-26(18,19)3)25(2)10-8-17(35-36(32,33)34)12-16(25)13-21(24)28/h15-21,24,28H,4-14H2,1-3H3,(H,27,29)(H,30,31)(H,32,33,34)/t15-,16+,17-,18-,19+,20+,21+,24+,25+,26-/m1/s1. The molecule has 9 nitrogen and oxygen atoms in total. The van der Waals surface area contributed by atoms with Crippen molar-refractivity contribution >= 4 is 22.3 Å². The Balaban J connectivity index is 1.43. The maximum atomic E-state index is 12.1. The van der Waals surface area contributed by atoms with E-state index >= 15 is 0 Å². The second-order valence-corrected chi connectivity index (χ2v) is 13.7. The van der Waals surface area contributed by atoms with E-state index < -0.39 is 28.6 Å². The van der Waals surface area contributed by atoms with E-state index in [1.165, 1.54) is 0 Å². The van der Waals surface area contributed by atoms with E-state index in [0.29, 0.717) is 49.4 Å². The molecule has 0 radical (unpaired) electrons. The van der Waals surface area contributed by atoms with Gasteiger partial charge in [-0.1, -0.05) is 20.8 Å². The first-order valence-corrected chi connectivity index (χ1v) is 14.9. The van der Waals surface area contributed by atoms with Crippen LogP contribution < -0.4 is 5.32 Å². The van der Waals surface area contributed by atoms with E-state index in [2.05, 4.69) is 26.1 Å². The average Bonchev–Trinajstić information content (AvgIpc) is 3.13. The molecule has 0 bridgehead atoms. The van der Waals surface area contributed by atoms with Crippen LogP contribution in [0.4, 0.5) is 0 Å². The van der Waals surface area contributed by atoms with Gasteiger partial charge in [0, 0.05) is 6.42 Å². The number of carbonyl (C=O) groups is 2. The zero-order valence-corrected chi connectivity index (χ0v) is 22.5. The number of hydrogen-bond acceptors (Lipinski definition) is 6. The van der Waals surface area contributed by atoms with Crippen LogP contribution in [0.25, 0.3) is 0 Å². The second-order valence-electron chi connectivity index (χ2n) is 12.6. The number of carboxylic acid groups (broad SMARTS) is 1. The Morgan fingerprint density at radius 1 is 1.06 bits per heavy atom. The summed E-state index contributed by atoms with van der Waals surface area (Å²) in [6.07, 6.45) is 6.98. The summed E-state index contributed by atoms with van der Waals surface area (Å²) >= 11 is 0. The summed E-state index contributed by atoms with van der Waals surface area (Å²) in [6.45, 7) is 6.56. The van der Waals surface area contributed by atoms with Crippen LogP contribution >= 0.6 is 0 Å². The highest BCUT2D eigenvalue weighted by Crippen LogP contribution is 2.68.